The topological polar surface area (TPSA) is 37.8 Å². The molecule has 2 heterocycles. The maximum absolute atomic E-state index is 14.4. The fourth-order valence-electron chi connectivity index (χ4n) is 3.12. The molecule has 0 unspecified atom stereocenters. The zero-order valence-corrected chi connectivity index (χ0v) is 16.4. The molecule has 3 nitrogen and oxygen atoms in total. The first-order chi connectivity index (χ1) is 14.2. The summed E-state index contributed by atoms with van der Waals surface area (Å²) in [5, 5.41) is 5.70. The molecule has 29 heavy (non-hydrogen) atoms. The molecule has 0 atom stereocenters. The highest BCUT2D eigenvalue weighted by atomic mass is 32.2. The molecule has 2 aromatic carbocycles. The fourth-order valence-corrected chi connectivity index (χ4v) is 4.10. The van der Waals surface area contributed by atoms with Crippen molar-refractivity contribution in [3.8, 4) is 11.1 Å². The number of thioether (sulfide) groups is 1. The van der Waals surface area contributed by atoms with E-state index in [2.05, 4.69) is 27.4 Å². The monoisotopic (exact) mass is 407 g/mol. The van der Waals surface area contributed by atoms with Gasteiger partial charge in [-0.2, -0.15) is 4.39 Å². The highest BCUT2D eigenvalue weighted by Crippen LogP contribution is 2.27. The molecule has 0 aliphatic heterocycles. The van der Waals surface area contributed by atoms with Crippen LogP contribution < -0.4 is 5.32 Å². The smallest absolute Gasteiger partial charge is 0.212 e. The standard InChI is InChI=1S/C23H19F2N3S/c24-21-12-16(4-6-19(21)18-5-7-23(25)28-15-18)13-27-10-11-29-22-3-1-2-17-14-26-9-8-20(17)22/h1-9,12,14-15,27H,10-11,13H2. The second-order valence-electron chi connectivity index (χ2n) is 6.56. The van der Waals surface area contributed by atoms with Crippen molar-refractivity contribution in [3.05, 3.63) is 90.5 Å². The number of rotatable bonds is 7. The van der Waals surface area contributed by atoms with E-state index in [4.69, 9.17) is 0 Å². The van der Waals surface area contributed by atoms with Crippen molar-refractivity contribution in [2.75, 3.05) is 12.3 Å². The molecule has 0 aliphatic carbocycles. The van der Waals surface area contributed by atoms with Crippen molar-refractivity contribution in [2.45, 2.75) is 11.4 Å². The Balaban J connectivity index is 1.30. The molecule has 0 saturated carbocycles. The Labute approximate surface area is 172 Å². The molecule has 6 heteroatoms. The average Bonchev–Trinajstić information content (AvgIpc) is 2.74. The minimum atomic E-state index is -0.576. The average molecular weight is 407 g/mol. The summed E-state index contributed by atoms with van der Waals surface area (Å²) in [6.45, 7) is 1.39. The van der Waals surface area contributed by atoms with Crippen molar-refractivity contribution in [3.63, 3.8) is 0 Å². The lowest BCUT2D eigenvalue weighted by atomic mass is 10.0. The number of fused-ring (bicyclic) bond motifs is 1. The molecule has 0 spiro atoms. The van der Waals surface area contributed by atoms with Gasteiger partial charge in [0.2, 0.25) is 5.95 Å². The van der Waals surface area contributed by atoms with Crippen molar-refractivity contribution < 1.29 is 8.78 Å². The number of nitrogens with one attached hydrogen (secondary N) is 1. The zero-order valence-electron chi connectivity index (χ0n) is 15.6. The minimum Gasteiger partial charge on any atom is -0.312 e. The molecule has 4 rings (SSSR count). The molecule has 2 aromatic heterocycles. The summed E-state index contributed by atoms with van der Waals surface area (Å²) in [6.07, 6.45) is 5.02. The summed E-state index contributed by atoms with van der Waals surface area (Å²) in [5.74, 6) is -0.00653. The Hall–Kier alpha value is -2.83. The van der Waals surface area contributed by atoms with E-state index in [1.807, 2.05) is 30.6 Å². The molecular formula is C23H19F2N3S. The van der Waals surface area contributed by atoms with Gasteiger partial charge >= 0.3 is 0 Å². The molecule has 0 bridgehead atoms. The lowest BCUT2D eigenvalue weighted by molar-refractivity contribution is 0.583. The predicted molar refractivity (Wildman–Crippen MR) is 114 cm³/mol. The van der Waals surface area contributed by atoms with Crippen LogP contribution in [0.5, 0.6) is 0 Å². The molecular weight excluding hydrogens is 388 g/mol. The highest BCUT2D eigenvalue weighted by molar-refractivity contribution is 7.99. The molecule has 0 radical (unpaired) electrons. The number of hydrogen-bond donors (Lipinski definition) is 1. The van der Waals surface area contributed by atoms with Gasteiger partial charge in [0.25, 0.3) is 0 Å². The van der Waals surface area contributed by atoms with E-state index in [0.717, 1.165) is 23.2 Å². The van der Waals surface area contributed by atoms with E-state index < -0.39 is 5.95 Å². The molecule has 146 valence electrons. The van der Waals surface area contributed by atoms with Gasteiger partial charge in [-0.15, -0.1) is 11.8 Å². The third kappa shape index (κ3) is 4.78. The summed E-state index contributed by atoms with van der Waals surface area (Å²) in [5.41, 5.74) is 1.84. The van der Waals surface area contributed by atoms with Gasteiger partial charge in [-0.3, -0.25) is 4.98 Å². The number of nitrogens with zero attached hydrogens (tertiary/aromatic N) is 2. The maximum atomic E-state index is 14.4. The van der Waals surface area contributed by atoms with Crippen molar-refractivity contribution in [2.24, 2.45) is 0 Å². The molecule has 0 fully saturated rings. The summed E-state index contributed by atoms with van der Waals surface area (Å²) >= 11 is 1.79. The fraction of sp³-hybridized carbons (Fsp3) is 0.130. The second-order valence-corrected chi connectivity index (χ2v) is 7.70. The van der Waals surface area contributed by atoms with Crippen molar-refractivity contribution >= 4 is 22.5 Å². The van der Waals surface area contributed by atoms with E-state index in [1.54, 1.807) is 17.8 Å². The SMILES string of the molecule is Fc1ccc(-c2ccc(CNCCSc3cccc4cnccc34)cc2F)cn1. The van der Waals surface area contributed by atoms with Crippen LogP contribution in [0.15, 0.2) is 78.1 Å². The Morgan fingerprint density at radius 1 is 0.966 bits per heavy atom. The number of hydrogen-bond acceptors (Lipinski definition) is 4. The quantitative estimate of drug-likeness (QED) is 0.251. The van der Waals surface area contributed by atoms with Crippen LogP contribution in [0.1, 0.15) is 5.56 Å². The van der Waals surface area contributed by atoms with Gasteiger partial charge in [-0.05, 0) is 41.3 Å². The molecule has 0 amide bonds. The number of pyridine rings is 2. The molecule has 4 aromatic rings. The van der Waals surface area contributed by atoms with Crippen LogP contribution in [0.2, 0.25) is 0 Å². The van der Waals surface area contributed by atoms with Gasteiger partial charge in [0.1, 0.15) is 5.82 Å². The van der Waals surface area contributed by atoms with Crippen LogP contribution >= 0.6 is 11.8 Å². The summed E-state index contributed by atoms with van der Waals surface area (Å²) in [6, 6.07) is 16.1. The van der Waals surface area contributed by atoms with Crippen molar-refractivity contribution in [1.82, 2.24) is 15.3 Å². The Morgan fingerprint density at radius 3 is 2.72 bits per heavy atom. The second kappa shape index (κ2) is 9.11. The largest absolute Gasteiger partial charge is 0.312 e. The Morgan fingerprint density at radius 2 is 1.90 bits per heavy atom. The number of benzene rings is 2. The first kappa shape index (κ1) is 19.5. The van der Waals surface area contributed by atoms with Gasteiger partial charge in [-0.25, -0.2) is 9.37 Å². The van der Waals surface area contributed by atoms with Crippen LogP contribution in [-0.2, 0) is 6.54 Å². The van der Waals surface area contributed by atoms with Crippen molar-refractivity contribution in [1.29, 1.82) is 0 Å². The van der Waals surface area contributed by atoms with Crippen LogP contribution in [0.25, 0.3) is 21.9 Å². The van der Waals surface area contributed by atoms with Crippen LogP contribution in [0.4, 0.5) is 8.78 Å². The third-order valence-corrected chi connectivity index (χ3v) is 5.65. The molecule has 0 aliphatic rings. The number of halogens is 2. The van der Waals surface area contributed by atoms with E-state index in [0.29, 0.717) is 17.7 Å². The maximum Gasteiger partial charge on any atom is 0.212 e. The zero-order chi connectivity index (χ0) is 20.1. The third-order valence-electron chi connectivity index (χ3n) is 4.58. The van der Waals surface area contributed by atoms with Crippen LogP contribution in [0.3, 0.4) is 0 Å². The van der Waals surface area contributed by atoms with E-state index in [-0.39, 0.29) is 5.82 Å². The summed E-state index contributed by atoms with van der Waals surface area (Å²) in [4.78, 5) is 8.97. The van der Waals surface area contributed by atoms with Crippen LogP contribution in [-0.4, -0.2) is 22.3 Å². The van der Waals surface area contributed by atoms with E-state index in [9.17, 15) is 8.78 Å². The van der Waals surface area contributed by atoms with Gasteiger partial charge < -0.3 is 5.32 Å². The van der Waals surface area contributed by atoms with Gasteiger partial charge in [0.15, 0.2) is 0 Å². The normalized spacial score (nSPS) is 11.1. The summed E-state index contributed by atoms with van der Waals surface area (Å²) in [7, 11) is 0. The van der Waals surface area contributed by atoms with Crippen LogP contribution in [0, 0.1) is 11.8 Å². The summed E-state index contributed by atoms with van der Waals surface area (Å²) < 4.78 is 27.4. The first-order valence-corrected chi connectivity index (χ1v) is 10.3. The Bertz CT molecular complexity index is 1110. The van der Waals surface area contributed by atoms with Gasteiger partial charge in [0, 0.05) is 58.8 Å². The lowest BCUT2D eigenvalue weighted by Crippen LogP contribution is -2.16. The molecule has 1 N–H and O–H groups in total. The minimum absolute atomic E-state index is 0.337. The van der Waals surface area contributed by atoms with Gasteiger partial charge in [0.05, 0.1) is 0 Å². The van der Waals surface area contributed by atoms with Gasteiger partial charge in [-0.1, -0.05) is 24.3 Å². The highest BCUT2D eigenvalue weighted by Gasteiger charge is 2.07. The Kier molecular flexibility index (Phi) is 6.12. The molecule has 0 saturated heterocycles. The van der Waals surface area contributed by atoms with E-state index in [1.165, 1.54) is 34.7 Å². The number of aromatic nitrogens is 2. The lowest BCUT2D eigenvalue weighted by Gasteiger charge is -2.09. The van der Waals surface area contributed by atoms with E-state index >= 15 is 0 Å². The predicted octanol–water partition coefficient (Wildman–Crippen LogP) is 5.46. The first-order valence-electron chi connectivity index (χ1n) is 9.27.